The summed E-state index contributed by atoms with van der Waals surface area (Å²) in [7, 11) is 0. The number of carbonyl (C=O) groups is 1. The molecule has 1 aliphatic carbocycles. The van der Waals surface area contributed by atoms with Gasteiger partial charge in [-0.3, -0.25) is 9.48 Å². The Hall–Kier alpha value is -1.12. The first-order chi connectivity index (χ1) is 9.72. The van der Waals surface area contributed by atoms with Gasteiger partial charge in [0.2, 0.25) is 0 Å². The monoisotopic (exact) mass is 276 g/mol. The van der Waals surface area contributed by atoms with E-state index in [1.807, 2.05) is 6.92 Å². The Morgan fingerprint density at radius 2 is 1.75 bits per heavy atom. The van der Waals surface area contributed by atoms with Crippen LogP contribution in [0.1, 0.15) is 93.5 Å². The summed E-state index contributed by atoms with van der Waals surface area (Å²) in [6.07, 6.45) is 10.1. The van der Waals surface area contributed by atoms with E-state index in [0.29, 0.717) is 12.5 Å². The Labute approximate surface area is 122 Å². The standard InChI is InChI=1S/C17H28N2O/c1-4-14-17(16(20)6-3)15(5-2)19(18-14)13-11-9-7-8-10-12-13/h13H,4-12H2,1-3H3. The fraction of sp³-hybridized carbons (Fsp3) is 0.765. The predicted molar refractivity (Wildman–Crippen MR) is 82.3 cm³/mol. The summed E-state index contributed by atoms with van der Waals surface area (Å²) in [6.45, 7) is 6.20. The fourth-order valence-corrected chi connectivity index (χ4v) is 3.41. The lowest BCUT2D eigenvalue weighted by atomic mass is 10.0. The second kappa shape index (κ2) is 7.05. The lowest BCUT2D eigenvalue weighted by molar-refractivity contribution is 0.0986. The molecule has 20 heavy (non-hydrogen) atoms. The number of aryl methyl sites for hydroxylation is 1. The molecule has 0 unspecified atom stereocenters. The number of carbonyl (C=O) groups excluding carboxylic acids is 1. The van der Waals surface area contributed by atoms with E-state index in [9.17, 15) is 4.79 Å². The first-order valence-electron chi connectivity index (χ1n) is 8.36. The maximum atomic E-state index is 12.3. The molecular formula is C17H28N2O. The Bertz CT molecular complexity index is 454. The van der Waals surface area contributed by atoms with E-state index in [0.717, 1.165) is 24.1 Å². The van der Waals surface area contributed by atoms with Crippen molar-refractivity contribution in [2.24, 2.45) is 0 Å². The molecule has 0 radical (unpaired) electrons. The van der Waals surface area contributed by atoms with Crippen LogP contribution in [0.25, 0.3) is 0 Å². The van der Waals surface area contributed by atoms with Crippen molar-refractivity contribution in [1.29, 1.82) is 0 Å². The van der Waals surface area contributed by atoms with Gasteiger partial charge in [0.15, 0.2) is 5.78 Å². The maximum Gasteiger partial charge on any atom is 0.166 e. The van der Waals surface area contributed by atoms with Crippen LogP contribution in [-0.4, -0.2) is 15.6 Å². The summed E-state index contributed by atoms with van der Waals surface area (Å²) in [5.74, 6) is 0.263. The minimum atomic E-state index is 0.263. The van der Waals surface area contributed by atoms with Crippen molar-refractivity contribution in [2.75, 3.05) is 0 Å². The van der Waals surface area contributed by atoms with Gasteiger partial charge in [-0.1, -0.05) is 46.5 Å². The third-order valence-electron chi connectivity index (χ3n) is 4.52. The van der Waals surface area contributed by atoms with Crippen molar-refractivity contribution < 1.29 is 4.79 Å². The molecule has 112 valence electrons. The molecule has 0 amide bonds. The second-order valence-electron chi connectivity index (χ2n) is 5.84. The smallest absolute Gasteiger partial charge is 0.166 e. The van der Waals surface area contributed by atoms with Gasteiger partial charge < -0.3 is 0 Å². The molecule has 0 bridgehead atoms. The SMILES string of the molecule is CCC(=O)c1c(CC)nn(C2CCCCCC2)c1CC. The van der Waals surface area contributed by atoms with Gasteiger partial charge in [0.05, 0.1) is 17.3 Å². The van der Waals surface area contributed by atoms with Crippen LogP contribution in [0.2, 0.25) is 0 Å². The molecular weight excluding hydrogens is 248 g/mol. The quantitative estimate of drug-likeness (QED) is 0.586. The van der Waals surface area contributed by atoms with Gasteiger partial charge in [-0.05, 0) is 25.7 Å². The van der Waals surface area contributed by atoms with E-state index in [2.05, 4.69) is 18.5 Å². The van der Waals surface area contributed by atoms with Crippen LogP contribution in [0, 0.1) is 0 Å². The molecule has 3 nitrogen and oxygen atoms in total. The van der Waals surface area contributed by atoms with Crippen molar-refractivity contribution in [2.45, 2.75) is 84.6 Å². The van der Waals surface area contributed by atoms with Crippen molar-refractivity contribution in [1.82, 2.24) is 9.78 Å². The minimum Gasteiger partial charge on any atom is -0.294 e. The zero-order chi connectivity index (χ0) is 14.5. The highest BCUT2D eigenvalue weighted by Crippen LogP contribution is 2.30. The molecule has 3 heteroatoms. The number of ketones is 1. The molecule has 1 fully saturated rings. The first kappa shape index (κ1) is 15.3. The number of nitrogens with zero attached hydrogens (tertiary/aromatic N) is 2. The van der Waals surface area contributed by atoms with Gasteiger partial charge in [0.25, 0.3) is 0 Å². The van der Waals surface area contributed by atoms with Crippen LogP contribution in [-0.2, 0) is 12.8 Å². The average molecular weight is 276 g/mol. The summed E-state index contributed by atoms with van der Waals surface area (Å²) in [6, 6.07) is 0.510. The van der Waals surface area contributed by atoms with Gasteiger partial charge in [0, 0.05) is 12.1 Å². The highest BCUT2D eigenvalue weighted by Gasteiger charge is 2.24. The molecule has 2 rings (SSSR count). The average Bonchev–Trinajstić information content (AvgIpc) is 2.65. The van der Waals surface area contributed by atoms with Gasteiger partial charge in [-0.25, -0.2) is 0 Å². The number of hydrogen-bond donors (Lipinski definition) is 0. The molecule has 0 atom stereocenters. The normalized spacial score (nSPS) is 17.1. The molecule has 1 aromatic heterocycles. The topological polar surface area (TPSA) is 34.9 Å². The van der Waals surface area contributed by atoms with Crippen molar-refractivity contribution >= 4 is 5.78 Å². The Balaban J connectivity index is 2.41. The van der Waals surface area contributed by atoms with Gasteiger partial charge in [0.1, 0.15) is 0 Å². The third-order valence-corrected chi connectivity index (χ3v) is 4.52. The molecule has 0 aromatic carbocycles. The number of hydrogen-bond acceptors (Lipinski definition) is 2. The van der Waals surface area contributed by atoms with Crippen molar-refractivity contribution in [3.05, 3.63) is 17.0 Å². The number of Topliss-reactive ketones (excluding diaryl/α,β-unsaturated/α-hetero) is 1. The Morgan fingerprint density at radius 3 is 2.25 bits per heavy atom. The molecule has 0 spiro atoms. The van der Waals surface area contributed by atoms with Crippen LogP contribution in [0.5, 0.6) is 0 Å². The molecule has 0 N–H and O–H groups in total. The van der Waals surface area contributed by atoms with E-state index in [4.69, 9.17) is 5.10 Å². The van der Waals surface area contributed by atoms with Gasteiger partial charge >= 0.3 is 0 Å². The van der Waals surface area contributed by atoms with E-state index in [-0.39, 0.29) is 5.78 Å². The lowest BCUT2D eigenvalue weighted by Gasteiger charge is -2.18. The lowest BCUT2D eigenvalue weighted by Crippen LogP contribution is -2.14. The Kier molecular flexibility index (Phi) is 5.38. The molecule has 0 saturated heterocycles. The highest BCUT2D eigenvalue weighted by atomic mass is 16.1. The Morgan fingerprint density at radius 1 is 1.10 bits per heavy atom. The molecule has 1 heterocycles. The molecule has 1 saturated carbocycles. The first-order valence-corrected chi connectivity index (χ1v) is 8.36. The summed E-state index contributed by atoms with van der Waals surface area (Å²) >= 11 is 0. The zero-order valence-electron chi connectivity index (χ0n) is 13.2. The predicted octanol–water partition coefficient (Wildman–Crippen LogP) is 4.50. The zero-order valence-corrected chi connectivity index (χ0v) is 13.2. The van der Waals surface area contributed by atoms with Crippen LogP contribution in [0.15, 0.2) is 0 Å². The maximum absolute atomic E-state index is 12.3. The summed E-state index contributed by atoms with van der Waals surface area (Å²) in [5, 5.41) is 4.83. The van der Waals surface area contributed by atoms with Crippen LogP contribution >= 0.6 is 0 Å². The van der Waals surface area contributed by atoms with E-state index < -0.39 is 0 Å². The third kappa shape index (κ3) is 2.97. The summed E-state index contributed by atoms with van der Waals surface area (Å²) in [5.41, 5.74) is 3.13. The fourth-order valence-electron chi connectivity index (χ4n) is 3.41. The van der Waals surface area contributed by atoms with E-state index in [1.165, 1.54) is 44.2 Å². The number of aromatic nitrogens is 2. The summed E-state index contributed by atoms with van der Waals surface area (Å²) < 4.78 is 2.22. The molecule has 0 aliphatic heterocycles. The summed E-state index contributed by atoms with van der Waals surface area (Å²) in [4.78, 5) is 12.3. The van der Waals surface area contributed by atoms with Crippen LogP contribution in [0.4, 0.5) is 0 Å². The van der Waals surface area contributed by atoms with E-state index in [1.54, 1.807) is 0 Å². The second-order valence-corrected chi connectivity index (χ2v) is 5.84. The van der Waals surface area contributed by atoms with E-state index >= 15 is 0 Å². The largest absolute Gasteiger partial charge is 0.294 e. The molecule has 1 aliphatic rings. The number of rotatable bonds is 5. The van der Waals surface area contributed by atoms with Crippen molar-refractivity contribution in [3.8, 4) is 0 Å². The van der Waals surface area contributed by atoms with Gasteiger partial charge in [-0.2, -0.15) is 5.10 Å². The van der Waals surface area contributed by atoms with Gasteiger partial charge in [-0.15, -0.1) is 0 Å². The molecule has 1 aromatic rings. The minimum absolute atomic E-state index is 0.263. The van der Waals surface area contributed by atoms with Crippen LogP contribution in [0.3, 0.4) is 0 Å². The van der Waals surface area contributed by atoms with Crippen molar-refractivity contribution in [3.63, 3.8) is 0 Å². The van der Waals surface area contributed by atoms with Crippen LogP contribution < -0.4 is 0 Å². The highest BCUT2D eigenvalue weighted by molar-refractivity contribution is 5.98.